The maximum absolute atomic E-state index is 12.1. The molecule has 0 atom stereocenters. The van der Waals surface area contributed by atoms with Gasteiger partial charge in [-0.1, -0.05) is 12.1 Å². The van der Waals surface area contributed by atoms with Crippen molar-refractivity contribution in [2.75, 3.05) is 19.0 Å². The molecule has 0 saturated heterocycles. The number of anilines is 1. The molecule has 0 saturated carbocycles. The van der Waals surface area contributed by atoms with E-state index in [0.717, 1.165) is 17.7 Å². The Morgan fingerprint density at radius 1 is 1.14 bits per heavy atom. The molecule has 0 unspecified atom stereocenters. The first-order valence-electron chi connectivity index (χ1n) is 8.56. The molecule has 2 amide bonds. The molecule has 0 bridgehead atoms. The van der Waals surface area contributed by atoms with Gasteiger partial charge in [0.1, 0.15) is 5.75 Å². The van der Waals surface area contributed by atoms with Crippen LogP contribution in [-0.4, -0.2) is 40.4 Å². The van der Waals surface area contributed by atoms with Crippen molar-refractivity contribution in [2.24, 2.45) is 0 Å². The van der Waals surface area contributed by atoms with Crippen molar-refractivity contribution < 1.29 is 14.3 Å². The Morgan fingerprint density at radius 2 is 1.89 bits per heavy atom. The van der Waals surface area contributed by atoms with Crippen LogP contribution in [0.1, 0.15) is 21.9 Å². The molecular weight excluding hydrogens is 378 g/mol. The summed E-state index contributed by atoms with van der Waals surface area (Å²) in [5, 5.41) is 7.64. The van der Waals surface area contributed by atoms with Crippen molar-refractivity contribution in [2.45, 2.75) is 12.8 Å². The van der Waals surface area contributed by atoms with Gasteiger partial charge in [0.05, 0.1) is 19.2 Å². The fourth-order valence-corrected chi connectivity index (χ4v) is 3.09. The number of nitrogens with zero attached hydrogens (tertiary/aromatic N) is 3. The van der Waals surface area contributed by atoms with E-state index in [9.17, 15) is 9.59 Å². The molecule has 3 aromatic rings. The SMILES string of the molecule is COc1ccc(CCNC(=O)Cc2csc(NC(=O)c3ncccn3)n2)cc1. The third-order valence-corrected chi connectivity index (χ3v) is 4.58. The second-order valence-corrected chi connectivity index (χ2v) is 6.65. The minimum atomic E-state index is -0.439. The number of aromatic nitrogens is 3. The molecule has 2 aromatic heterocycles. The zero-order valence-electron chi connectivity index (χ0n) is 15.2. The zero-order chi connectivity index (χ0) is 19.8. The average molecular weight is 397 g/mol. The number of ether oxygens (including phenoxy) is 1. The third kappa shape index (κ3) is 5.58. The van der Waals surface area contributed by atoms with Crippen molar-refractivity contribution in [1.82, 2.24) is 20.3 Å². The second kappa shape index (κ2) is 9.56. The van der Waals surface area contributed by atoms with Crippen LogP contribution in [-0.2, 0) is 17.6 Å². The Kier molecular flexibility index (Phi) is 6.64. The predicted molar refractivity (Wildman–Crippen MR) is 106 cm³/mol. The molecule has 0 aliphatic heterocycles. The molecule has 2 heterocycles. The van der Waals surface area contributed by atoms with Gasteiger partial charge in [-0.05, 0) is 30.2 Å². The highest BCUT2D eigenvalue weighted by atomic mass is 32.1. The van der Waals surface area contributed by atoms with Crippen molar-refractivity contribution in [3.8, 4) is 5.75 Å². The van der Waals surface area contributed by atoms with Crippen molar-refractivity contribution >= 4 is 28.3 Å². The number of carbonyl (C=O) groups excluding carboxylic acids is 2. The maximum atomic E-state index is 12.1. The van der Waals surface area contributed by atoms with Crippen LogP contribution in [0.3, 0.4) is 0 Å². The summed E-state index contributed by atoms with van der Waals surface area (Å²) in [6.07, 6.45) is 3.86. The van der Waals surface area contributed by atoms with Crippen molar-refractivity contribution in [3.05, 3.63) is 65.2 Å². The lowest BCUT2D eigenvalue weighted by atomic mass is 10.1. The summed E-state index contributed by atoms with van der Waals surface area (Å²) in [5.74, 6) is 0.307. The van der Waals surface area contributed by atoms with Gasteiger partial charge in [-0.25, -0.2) is 15.0 Å². The summed E-state index contributed by atoms with van der Waals surface area (Å²) in [5.41, 5.74) is 1.71. The van der Waals surface area contributed by atoms with Crippen LogP contribution in [0.15, 0.2) is 48.1 Å². The van der Waals surface area contributed by atoms with Gasteiger partial charge in [-0.3, -0.25) is 14.9 Å². The number of benzene rings is 1. The molecule has 0 aliphatic rings. The number of nitrogens with one attached hydrogen (secondary N) is 2. The Balaban J connectivity index is 1.43. The first kappa shape index (κ1) is 19.4. The smallest absolute Gasteiger partial charge is 0.295 e. The molecule has 8 nitrogen and oxygen atoms in total. The molecule has 28 heavy (non-hydrogen) atoms. The van der Waals surface area contributed by atoms with Crippen LogP contribution >= 0.6 is 11.3 Å². The van der Waals surface area contributed by atoms with Crippen LogP contribution in [0, 0.1) is 0 Å². The van der Waals surface area contributed by atoms with Gasteiger partial charge in [0.2, 0.25) is 11.7 Å². The highest BCUT2D eigenvalue weighted by Gasteiger charge is 2.12. The number of rotatable bonds is 8. The largest absolute Gasteiger partial charge is 0.497 e. The lowest BCUT2D eigenvalue weighted by molar-refractivity contribution is -0.120. The van der Waals surface area contributed by atoms with Gasteiger partial charge < -0.3 is 10.1 Å². The van der Waals surface area contributed by atoms with Crippen LogP contribution in [0.5, 0.6) is 5.75 Å². The summed E-state index contributed by atoms with van der Waals surface area (Å²) >= 11 is 1.25. The fourth-order valence-electron chi connectivity index (χ4n) is 2.38. The Hall–Kier alpha value is -3.33. The summed E-state index contributed by atoms with van der Waals surface area (Å²) < 4.78 is 5.12. The number of carbonyl (C=O) groups is 2. The first-order chi connectivity index (χ1) is 13.6. The van der Waals surface area contributed by atoms with E-state index < -0.39 is 5.91 Å². The highest BCUT2D eigenvalue weighted by Crippen LogP contribution is 2.16. The molecule has 0 fully saturated rings. The number of thiazole rings is 1. The number of hydrogen-bond acceptors (Lipinski definition) is 7. The van der Waals surface area contributed by atoms with E-state index in [1.165, 1.54) is 23.7 Å². The third-order valence-electron chi connectivity index (χ3n) is 3.78. The molecule has 1 aromatic carbocycles. The summed E-state index contributed by atoms with van der Waals surface area (Å²) in [4.78, 5) is 36.1. The fraction of sp³-hybridized carbons (Fsp3) is 0.211. The van der Waals surface area contributed by atoms with E-state index in [1.807, 2.05) is 24.3 Å². The summed E-state index contributed by atoms with van der Waals surface area (Å²) in [6.45, 7) is 0.532. The number of hydrogen-bond donors (Lipinski definition) is 2. The molecule has 2 N–H and O–H groups in total. The first-order valence-corrected chi connectivity index (χ1v) is 9.44. The van der Waals surface area contributed by atoms with Gasteiger partial charge in [0, 0.05) is 24.3 Å². The summed E-state index contributed by atoms with van der Waals surface area (Å²) in [6, 6.07) is 9.35. The van der Waals surface area contributed by atoms with Crippen LogP contribution in [0.25, 0.3) is 0 Å². The molecule has 0 aliphatic carbocycles. The van der Waals surface area contributed by atoms with E-state index in [2.05, 4.69) is 25.6 Å². The van der Waals surface area contributed by atoms with Crippen molar-refractivity contribution in [1.29, 1.82) is 0 Å². The quantitative estimate of drug-likeness (QED) is 0.603. The van der Waals surface area contributed by atoms with Gasteiger partial charge in [0.15, 0.2) is 5.13 Å². The Labute approximate surface area is 166 Å². The van der Waals surface area contributed by atoms with E-state index in [1.54, 1.807) is 18.6 Å². The highest BCUT2D eigenvalue weighted by molar-refractivity contribution is 7.14. The van der Waals surface area contributed by atoms with Crippen LogP contribution in [0.4, 0.5) is 5.13 Å². The van der Waals surface area contributed by atoms with Crippen LogP contribution < -0.4 is 15.4 Å². The van der Waals surface area contributed by atoms with Gasteiger partial charge >= 0.3 is 0 Å². The minimum Gasteiger partial charge on any atom is -0.497 e. The van der Waals surface area contributed by atoms with Crippen LogP contribution in [0.2, 0.25) is 0 Å². The van der Waals surface area contributed by atoms with E-state index in [4.69, 9.17) is 4.74 Å². The molecule has 0 radical (unpaired) electrons. The van der Waals surface area contributed by atoms with Crippen molar-refractivity contribution in [3.63, 3.8) is 0 Å². The predicted octanol–water partition coefficient (Wildman–Crippen LogP) is 2.10. The van der Waals surface area contributed by atoms with E-state index >= 15 is 0 Å². The van der Waals surface area contributed by atoms with E-state index in [-0.39, 0.29) is 18.2 Å². The molecule has 0 spiro atoms. The van der Waals surface area contributed by atoms with Gasteiger partial charge in [-0.15, -0.1) is 11.3 Å². The number of amides is 2. The standard InChI is InChI=1S/C19H19N5O3S/c1-27-15-5-3-13(4-6-15)7-10-20-16(25)11-14-12-28-19(23-14)24-18(26)17-21-8-2-9-22-17/h2-6,8-9,12H,7,10-11H2,1H3,(H,20,25)(H,23,24,26). The van der Waals surface area contributed by atoms with Gasteiger partial charge in [0.25, 0.3) is 5.91 Å². The topological polar surface area (TPSA) is 106 Å². The minimum absolute atomic E-state index is 0.0653. The number of methoxy groups -OCH3 is 1. The molecule has 3 rings (SSSR count). The average Bonchev–Trinajstić information content (AvgIpc) is 3.15. The lowest BCUT2D eigenvalue weighted by Gasteiger charge is -2.05. The molecule has 9 heteroatoms. The monoisotopic (exact) mass is 397 g/mol. The molecule has 144 valence electrons. The van der Waals surface area contributed by atoms with Gasteiger partial charge in [-0.2, -0.15) is 0 Å². The lowest BCUT2D eigenvalue weighted by Crippen LogP contribution is -2.27. The molecular formula is C19H19N5O3S. The Morgan fingerprint density at radius 3 is 2.61 bits per heavy atom. The normalized spacial score (nSPS) is 10.3. The zero-order valence-corrected chi connectivity index (χ0v) is 16.0. The summed E-state index contributed by atoms with van der Waals surface area (Å²) in [7, 11) is 1.62. The van der Waals surface area contributed by atoms with E-state index in [0.29, 0.717) is 17.4 Å². The Bertz CT molecular complexity index is 928. The maximum Gasteiger partial charge on any atom is 0.295 e. The second-order valence-electron chi connectivity index (χ2n) is 5.80.